The van der Waals surface area contributed by atoms with E-state index in [1.807, 2.05) is 0 Å². The number of nitrogens with one attached hydrogen (secondary N) is 2. The molecule has 6 aliphatic heterocycles. The SMILES string of the molecule is NC1=NC2C(N=CN2[C@@H]2O[C@H](CO)C3(CC3)[C@H]2O)C(=O)N1.NC1=NC2C(N=CN2[C@@H]2O[C@H](OC(=O)P(O)O)C3(CC3)[C@H]2O)C(=O)N1. The van der Waals surface area contributed by atoms with Gasteiger partial charge in [-0.1, -0.05) is 0 Å². The minimum Gasteiger partial charge on any atom is -0.428 e. The normalized spacial score (nSPS) is 40.2. The molecule has 0 bridgehead atoms. The fraction of sp³-hybridized carbons (Fsp3) is 0.708. The van der Waals surface area contributed by atoms with Gasteiger partial charge in [0, 0.05) is 5.41 Å². The van der Waals surface area contributed by atoms with Crippen LogP contribution in [0.25, 0.3) is 0 Å². The maximum Gasteiger partial charge on any atom is 0.385 e. The summed E-state index contributed by atoms with van der Waals surface area (Å²) in [6, 6.07) is -1.50. The first-order chi connectivity index (χ1) is 21.9. The lowest BCUT2D eigenvalue weighted by molar-refractivity contribution is -0.144. The maximum atomic E-state index is 11.9. The van der Waals surface area contributed by atoms with Crippen LogP contribution in [0, 0.1) is 10.8 Å². The van der Waals surface area contributed by atoms with E-state index in [0.29, 0.717) is 12.8 Å². The predicted molar refractivity (Wildman–Crippen MR) is 153 cm³/mol. The van der Waals surface area contributed by atoms with Gasteiger partial charge in [0.25, 0.3) is 20.2 Å². The number of rotatable bonds is 5. The summed E-state index contributed by atoms with van der Waals surface area (Å²) in [4.78, 5) is 72.7. The molecule has 2 spiro atoms. The van der Waals surface area contributed by atoms with Gasteiger partial charge in [0.2, 0.25) is 6.29 Å². The zero-order chi connectivity index (χ0) is 32.7. The van der Waals surface area contributed by atoms with Gasteiger partial charge in [0.15, 0.2) is 48.8 Å². The summed E-state index contributed by atoms with van der Waals surface area (Å²) in [5.41, 5.74) is 8.77. The number of aliphatic imine (C=N–C) groups is 4. The third-order valence-corrected chi connectivity index (χ3v) is 10.1. The highest BCUT2D eigenvalue weighted by Gasteiger charge is 2.68. The van der Waals surface area contributed by atoms with Gasteiger partial charge in [-0.2, -0.15) is 0 Å². The van der Waals surface area contributed by atoms with Crippen molar-refractivity contribution in [3.8, 4) is 0 Å². The van der Waals surface area contributed by atoms with Crippen molar-refractivity contribution in [2.24, 2.45) is 42.3 Å². The molecule has 2 aliphatic carbocycles. The van der Waals surface area contributed by atoms with Crippen LogP contribution in [0.3, 0.4) is 0 Å². The van der Waals surface area contributed by atoms with Gasteiger partial charge in [-0.15, -0.1) is 0 Å². The highest BCUT2D eigenvalue weighted by atomic mass is 31.2. The number of guanidine groups is 2. The Bertz CT molecular complexity index is 1440. The molecule has 0 radical (unpaired) electrons. The maximum absolute atomic E-state index is 11.9. The Balaban J connectivity index is 0.000000149. The second-order valence-corrected chi connectivity index (χ2v) is 13.2. The van der Waals surface area contributed by atoms with Gasteiger partial charge in [-0.05, 0) is 25.7 Å². The van der Waals surface area contributed by atoms with Crippen molar-refractivity contribution in [2.75, 3.05) is 6.61 Å². The zero-order valence-corrected chi connectivity index (χ0v) is 24.8. The molecule has 21 nitrogen and oxygen atoms in total. The molecule has 6 heterocycles. The molecule has 2 saturated heterocycles. The van der Waals surface area contributed by atoms with Gasteiger partial charge in [0.05, 0.1) is 30.8 Å². The number of nitrogens with zero attached hydrogens (tertiary/aromatic N) is 6. The Hall–Kier alpha value is -3.56. The average molecular weight is 669 g/mol. The quantitative estimate of drug-likeness (QED) is 0.124. The molecule has 250 valence electrons. The summed E-state index contributed by atoms with van der Waals surface area (Å²) in [6.07, 6.45) is -0.793. The lowest BCUT2D eigenvalue weighted by Crippen LogP contribution is -2.56. The summed E-state index contributed by atoms with van der Waals surface area (Å²) >= 11 is 0. The summed E-state index contributed by atoms with van der Waals surface area (Å²) in [7, 11) is -2.91. The van der Waals surface area contributed by atoms with E-state index in [1.165, 1.54) is 17.6 Å². The number of aliphatic hydroxyl groups excluding tert-OH is 3. The standard InChI is InChI=1S/C12H16N5O7P.C12H17N5O4/c13-10-15-6-4(7(19)16-10)14-3-17(6)8-5(18)12(1-2-12)9(23-8)24-11(20)25(21)22;13-11-15-8-6(9(20)16-11)14-4-17(8)10-7(19)12(1-2-12)5(3-18)21-10/h3-6,8-9,18,21-22H,1-2H2,(H3,13,15,16,19);4-8,10,18-19H,1-3H2,(H3,13,15,16,20)/t4?,5-,6?,8+,9+;5-,6?,7+,8?,10-/m01/s1. The largest absolute Gasteiger partial charge is 0.428 e. The summed E-state index contributed by atoms with van der Waals surface area (Å²) in [6.45, 7) is -0.140. The van der Waals surface area contributed by atoms with Gasteiger partial charge in [0.1, 0.15) is 12.2 Å². The smallest absolute Gasteiger partial charge is 0.385 e. The van der Waals surface area contributed by atoms with E-state index in [2.05, 4.69) is 30.6 Å². The second-order valence-electron chi connectivity index (χ2n) is 12.2. The number of carbonyl (C=O) groups is 3. The number of fused-ring (bicyclic) bond motifs is 2. The number of aliphatic hydroxyl groups is 3. The Kier molecular flexibility index (Phi) is 7.44. The molecule has 0 aromatic rings. The van der Waals surface area contributed by atoms with Gasteiger partial charge in [-0.3, -0.25) is 30.2 Å². The lowest BCUT2D eigenvalue weighted by atomic mass is 9.94. The number of carbonyl (C=O) groups excluding carboxylic acids is 3. The lowest BCUT2D eigenvalue weighted by Gasteiger charge is -2.33. The molecule has 46 heavy (non-hydrogen) atoms. The Labute approximate surface area is 260 Å². The second kappa shape index (κ2) is 11.0. The van der Waals surface area contributed by atoms with Crippen molar-refractivity contribution in [1.82, 2.24) is 20.4 Å². The average Bonchev–Trinajstić information content (AvgIpc) is 3.85. The fourth-order valence-electron chi connectivity index (χ4n) is 6.80. The van der Waals surface area contributed by atoms with Crippen LogP contribution < -0.4 is 22.1 Å². The third kappa shape index (κ3) is 4.80. The summed E-state index contributed by atoms with van der Waals surface area (Å²) in [5, 5.41) is 35.4. The summed E-state index contributed by atoms with van der Waals surface area (Å²) < 4.78 is 16.4. The molecular weight excluding hydrogens is 635 g/mol. The van der Waals surface area contributed by atoms with Crippen molar-refractivity contribution >= 4 is 50.5 Å². The summed E-state index contributed by atoms with van der Waals surface area (Å²) in [5.74, 6) is -0.772. The monoisotopic (exact) mass is 668 g/mol. The Morgan fingerprint density at radius 2 is 1.39 bits per heavy atom. The molecule has 4 fully saturated rings. The minimum absolute atomic E-state index is 0.0316. The van der Waals surface area contributed by atoms with E-state index in [4.69, 9.17) is 35.5 Å². The van der Waals surface area contributed by atoms with Crippen LogP contribution in [0.1, 0.15) is 25.7 Å². The van der Waals surface area contributed by atoms with Crippen LogP contribution in [-0.2, 0) is 23.8 Å². The zero-order valence-electron chi connectivity index (χ0n) is 23.9. The highest BCUT2D eigenvalue weighted by Crippen LogP contribution is 2.60. The van der Waals surface area contributed by atoms with Crippen LogP contribution in [0.4, 0.5) is 4.79 Å². The molecule has 0 aromatic heterocycles. The molecule has 8 aliphatic rings. The molecule has 10 atom stereocenters. The van der Waals surface area contributed by atoms with Crippen LogP contribution in [0.2, 0.25) is 0 Å². The van der Waals surface area contributed by atoms with Crippen LogP contribution >= 0.6 is 8.38 Å². The molecule has 2 amide bonds. The van der Waals surface area contributed by atoms with Crippen LogP contribution in [-0.4, -0.2) is 145 Å². The van der Waals surface area contributed by atoms with Crippen molar-refractivity contribution in [2.45, 2.75) is 87.2 Å². The molecule has 0 aromatic carbocycles. The molecule has 11 N–H and O–H groups in total. The molecule has 4 unspecified atom stereocenters. The molecule has 2 saturated carbocycles. The molecule has 8 rings (SSSR count). The van der Waals surface area contributed by atoms with Gasteiger partial charge in [-0.25, -0.2) is 14.8 Å². The van der Waals surface area contributed by atoms with E-state index in [0.717, 1.165) is 12.8 Å². The van der Waals surface area contributed by atoms with E-state index in [9.17, 15) is 29.7 Å². The minimum atomic E-state index is -2.91. The van der Waals surface area contributed by atoms with Crippen LogP contribution in [0.5, 0.6) is 0 Å². The number of hydrogen-bond donors (Lipinski definition) is 9. The first-order valence-electron chi connectivity index (χ1n) is 14.5. The van der Waals surface area contributed by atoms with Gasteiger partial charge < -0.3 is 60.6 Å². The van der Waals surface area contributed by atoms with Crippen molar-refractivity contribution in [3.63, 3.8) is 0 Å². The molecular formula is C24H33N10O11P. The van der Waals surface area contributed by atoms with Crippen LogP contribution in [0.15, 0.2) is 20.0 Å². The number of amides is 2. The van der Waals surface area contributed by atoms with Crippen molar-refractivity contribution in [3.05, 3.63) is 0 Å². The Morgan fingerprint density at radius 3 is 1.83 bits per heavy atom. The van der Waals surface area contributed by atoms with E-state index in [-0.39, 0.29) is 29.8 Å². The van der Waals surface area contributed by atoms with Gasteiger partial charge >= 0.3 is 5.71 Å². The fourth-order valence-corrected chi connectivity index (χ4v) is 6.99. The van der Waals surface area contributed by atoms with E-state index < -0.39 is 86.9 Å². The van der Waals surface area contributed by atoms with Crippen molar-refractivity contribution in [1.29, 1.82) is 0 Å². The first-order valence-corrected chi connectivity index (χ1v) is 15.7. The number of hydrogen-bond acceptors (Lipinski definition) is 19. The van der Waals surface area contributed by atoms with E-state index >= 15 is 0 Å². The topological polar surface area (TPSA) is 312 Å². The first kappa shape index (κ1) is 31.1. The number of ether oxygens (including phenoxy) is 3. The van der Waals surface area contributed by atoms with E-state index in [1.54, 1.807) is 4.90 Å². The number of nitrogens with two attached hydrogens (primary N) is 2. The predicted octanol–water partition coefficient (Wildman–Crippen LogP) is -4.95. The Morgan fingerprint density at radius 1 is 0.913 bits per heavy atom. The van der Waals surface area contributed by atoms with Crippen molar-refractivity contribution < 1.29 is 53.7 Å². The third-order valence-electron chi connectivity index (χ3n) is 9.65. The highest BCUT2D eigenvalue weighted by molar-refractivity contribution is 7.63. The molecule has 22 heteroatoms.